The summed E-state index contributed by atoms with van der Waals surface area (Å²) in [5.41, 5.74) is 0.925. The molecule has 0 spiro atoms. The van der Waals surface area contributed by atoms with E-state index in [2.05, 4.69) is 5.32 Å². The van der Waals surface area contributed by atoms with Crippen LogP contribution in [-0.4, -0.2) is 18.8 Å². The van der Waals surface area contributed by atoms with E-state index in [1.54, 1.807) is 0 Å². The van der Waals surface area contributed by atoms with Gasteiger partial charge in [-0.25, -0.2) is 0 Å². The number of nitrogens with one attached hydrogen (secondary N) is 1. The zero-order valence-electron chi connectivity index (χ0n) is 8.53. The molecule has 0 aliphatic rings. The smallest absolute Gasteiger partial charge is 0.284 e. The van der Waals surface area contributed by atoms with Crippen molar-refractivity contribution in [3.8, 4) is 5.75 Å². The fraction of sp³-hybridized carbons (Fsp3) is 0.273. The Morgan fingerprint density at radius 3 is 2.60 bits per heavy atom. The molecule has 1 N–H and O–H groups in total. The van der Waals surface area contributed by atoms with E-state index < -0.39 is 5.91 Å². The number of hydrogen-bond donors (Lipinski definition) is 1. The van der Waals surface area contributed by atoms with Gasteiger partial charge in [0.05, 0.1) is 6.61 Å². The van der Waals surface area contributed by atoms with Crippen molar-refractivity contribution in [3.05, 3.63) is 29.8 Å². The number of carbonyl (C=O) groups is 2. The van der Waals surface area contributed by atoms with E-state index in [-0.39, 0.29) is 6.29 Å². The van der Waals surface area contributed by atoms with Crippen molar-refractivity contribution in [2.75, 3.05) is 6.61 Å². The first-order valence-electron chi connectivity index (χ1n) is 4.71. The van der Waals surface area contributed by atoms with E-state index in [0.29, 0.717) is 13.2 Å². The van der Waals surface area contributed by atoms with Gasteiger partial charge in [-0.3, -0.25) is 9.59 Å². The number of amides is 1. The first-order valence-corrected chi connectivity index (χ1v) is 4.71. The maximum Gasteiger partial charge on any atom is 0.284 e. The first kappa shape index (κ1) is 11.2. The Morgan fingerprint density at radius 2 is 2.07 bits per heavy atom. The van der Waals surface area contributed by atoms with Crippen molar-refractivity contribution >= 4 is 12.2 Å². The maximum atomic E-state index is 10.7. The third kappa shape index (κ3) is 3.81. The molecule has 1 aromatic rings. The predicted molar refractivity (Wildman–Crippen MR) is 55.5 cm³/mol. The highest BCUT2D eigenvalue weighted by Gasteiger charge is 1.98. The molecule has 0 aliphatic heterocycles. The summed E-state index contributed by atoms with van der Waals surface area (Å²) >= 11 is 0. The Morgan fingerprint density at radius 1 is 1.40 bits per heavy atom. The van der Waals surface area contributed by atoms with Crippen LogP contribution in [0.2, 0.25) is 0 Å². The molecule has 0 aliphatic carbocycles. The van der Waals surface area contributed by atoms with Gasteiger partial charge in [0.1, 0.15) is 5.75 Å². The Kier molecular flexibility index (Phi) is 4.34. The highest BCUT2D eigenvalue weighted by molar-refractivity contribution is 6.23. The van der Waals surface area contributed by atoms with Crippen LogP contribution >= 0.6 is 0 Å². The van der Waals surface area contributed by atoms with Gasteiger partial charge in [0, 0.05) is 6.54 Å². The molecular formula is C11H13NO3. The van der Waals surface area contributed by atoms with Crippen LogP contribution in [0.1, 0.15) is 12.5 Å². The SMILES string of the molecule is CCOc1ccc(CNC(=O)C=O)cc1. The molecule has 0 saturated carbocycles. The minimum Gasteiger partial charge on any atom is -0.494 e. The molecule has 0 radical (unpaired) electrons. The first-order chi connectivity index (χ1) is 7.26. The van der Waals surface area contributed by atoms with Gasteiger partial charge in [0.2, 0.25) is 6.29 Å². The van der Waals surface area contributed by atoms with Gasteiger partial charge in [-0.15, -0.1) is 0 Å². The molecule has 1 amide bonds. The second-order valence-electron chi connectivity index (χ2n) is 2.91. The van der Waals surface area contributed by atoms with Crippen molar-refractivity contribution in [1.29, 1.82) is 0 Å². The quantitative estimate of drug-likeness (QED) is 0.576. The molecule has 0 heterocycles. The summed E-state index contributed by atoms with van der Waals surface area (Å²) < 4.78 is 5.26. The van der Waals surface area contributed by atoms with Gasteiger partial charge < -0.3 is 10.1 Å². The summed E-state index contributed by atoms with van der Waals surface area (Å²) in [7, 11) is 0. The van der Waals surface area contributed by atoms with Crippen LogP contribution in [0.4, 0.5) is 0 Å². The zero-order chi connectivity index (χ0) is 11.1. The van der Waals surface area contributed by atoms with Gasteiger partial charge in [-0.05, 0) is 24.6 Å². The van der Waals surface area contributed by atoms with Crippen molar-refractivity contribution in [2.24, 2.45) is 0 Å². The van der Waals surface area contributed by atoms with E-state index in [9.17, 15) is 9.59 Å². The molecule has 1 rings (SSSR count). The molecule has 15 heavy (non-hydrogen) atoms. The molecule has 80 valence electrons. The summed E-state index contributed by atoms with van der Waals surface area (Å²) in [5, 5.41) is 2.45. The van der Waals surface area contributed by atoms with Crippen LogP contribution in [0, 0.1) is 0 Å². The number of rotatable bonds is 5. The number of aldehydes is 1. The van der Waals surface area contributed by atoms with Gasteiger partial charge in [-0.1, -0.05) is 12.1 Å². The normalized spacial score (nSPS) is 9.40. The van der Waals surface area contributed by atoms with E-state index >= 15 is 0 Å². The average molecular weight is 207 g/mol. The molecular weight excluding hydrogens is 194 g/mol. The minimum atomic E-state index is -0.608. The van der Waals surface area contributed by atoms with Crippen LogP contribution in [0.5, 0.6) is 5.75 Å². The second-order valence-corrected chi connectivity index (χ2v) is 2.91. The van der Waals surface area contributed by atoms with Crippen molar-refractivity contribution in [2.45, 2.75) is 13.5 Å². The van der Waals surface area contributed by atoms with Gasteiger partial charge in [0.25, 0.3) is 5.91 Å². The number of ether oxygens (including phenoxy) is 1. The second kappa shape index (κ2) is 5.80. The van der Waals surface area contributed by atoms with E-state index in [0.717, 1.165) is 11.3 Å². The average Bonchev–Trinajstić information content (AvgIpc) is 2.28. The van der Waals surface area contributed by atoms with E-state index in [4.69, 9.17) is 4.74 Å². The summed E-state index contributed by atoms with van der Waals surface area (Å²) in [5.74, 6) is 0.187. The fourth-order valence-electron chi connectivity index (χ4n) is 1.10. The lowest BCUT2D eigenvalue weighted by Gasteiger charge is -2.04. The Balaban J connectivity index is 2.49. The summed E-state index contributed by atoms with van der Waals surface area (Å²) in [6.45, 7) is 2.89. The summed E-state index contributed by atoms with van der Waals surface area (Å²) in [4.78, 5) is 20.7. The van der Waals surface area contributed by atoms with Gasteiger partial charge in [0.15, 0.2) is 0 Å². The molecule has 0 fully saturated rings. The largest absolute Gasteiger partial charge is 0.494 e. The standard InChI is InChI=1S/C11H13NO3/c1-2-15-10-5-3-9(4-6-10)7-12-11(14)8-13/h3-6,8H,2,7H2,1H3,(H,12,14). The van der Waals surface area contributed by atoms with Crippen LogP contribution in [-0.2, 0) is 16.1 Å². The Labute approximate surface area is 88.2 Å². The Hall–Kier alpha value is -1.84. The lowest BCUT2D eigenvalue weighted by molar-refractivity contribution is -0.131. The van der Waals surface area contributed by atoms with E-state index in [1.807, 2.05) is 31.2 Å². The van der Waals surface area contributed by atoms with Crippen molar-refractivity contribution < 1.29 is 14.3 Å². The monoisotopic (exact) mass is 207 g/mol. The fourth-order valence-corrected chi connectivity index (χ4v) is 1.10. The number of hydrogen-bond acceptors (Lipinski definition) is 3. The number of carbonyl (C=O) groups excluding carboxylic acids is 2. The highest BCUT2D eigenvalue weighted by atomic mass is 16.5. The lowest BCUT2D eigenvalue weighted by Crippen LogP contribution is -2.23. The predicted octanol–water partition coefficient (Wildman–Crippen LogP) is 0.900. The van der Waals surface area contributed by atoms with E-state index in [1.165, 1.54) is 0 Å². The number of benzene rings is 1. The summed E-state index contributed by atoms with van der Waals surface area (Å²) in [6.07, 6.45) is 0.258. The van der Waals surface area contributed by atoms with Gasteiger partial charge in [-0.2, -0.15) is 0 Å². The molecule has 0 bridgehead atoms. The lowest BCUT2D eigenvalue weighted by atomic mass is 10.2. The molecule has 4 nitrogen and oxygen atoms in total. The topological polar surface area (TPSA) is 55.4 Å². The third-order valence-electron chi connectivity index (χ3n) is 1.81. The van der Waals surface area contributed by atoms with Crippen LogP contribution < -0.4 is 10.1 Å². The van der Waals surface area contributed by atoms with Crippen LogP contribution in [0.3, 0.4) is 0 Å². The summed E-state index contributed by atoms with van der Waals surface area (Å²) in [6, 6.07) is 7.34. The minimum absolute atomic E-state index is 0.258. The highest BCUT2D eigenvalue weighted by Crippen LogP contribution is 2.11. The Bertz CT molecular complexity index is 332. The van der Waals surface area contributed by atoms with Crippen molar-refractivity contribution in [1.82, 2.24) is 5.32 Å². The molecule has 0 atom stereocenters. The maximum absolute atomic E-state index is 10.7. The third-order valence-corrected chi connectivity index (χ3v) is 1.81. The zero-order valence-corrected chi connectivity index (χ0v) is 8.53. The molecule has 0 saturated heterocycles. The molecule has 0 unspecified atom stereocenters. The van der Waals surface area contributed by atoms with Crippen LogP contribution in [0.25, 0.3) is 0 Å². The van der Waals surface area contributed by atoms with Gasteiger partial charge >= 0.3 is 0 Å². The van der Waals surface area contributed by atoms with Crippen molar-refractivity contribution in [3.63, 3.8) is 0 Å². The molecule has 4 heteroatoms. The molecule has 0 aromatic heterocycles. The molecule has 1 aromatic carbocycles. The van der Waals surface area contributed by atoms with Crippen LogP contribution in [0.15, 0.2) is 24.3 Å².